The summed E-state index contributed by atoms with van der Waals surface area (Å²) in [5.74, 6) is -0.138. The third-order valence-corrected chi connectivity index (χ3v) is 2.36. The van der Waals surface area contributed by atoms with Gasteiger partial charge in [0.15, 0.2) is 5.76 Å². The van der Waals surface area contributed by atoms with Crippen molar-refractivity contribution in [3.05, 3.63) is 40.1 Å². The third-order valence-electron chi connectivity index (χ3n) is 2.36. The largest absolute Gasteiger partial charge is 0.416 e. The van der Waals surface area contributed by atoms with Gasteiger partial charge in [-0.1, -0.05) is 5.16 Å². The minimum absolute atomic E-state index is 0.00265. The van der Waals surface area contributed by atoms with Gasteiger partial charge in [0, 0.05) is 6.07 Å². The van der Waals surface area contributed by atoms with Crippen LogP contribution in [0.25, 0.3) is 11.3 Å². The molecule has 0 saturated heterocycles. The minimum atomic E-state index is -4.67. The molecule has 0 aliphatic rings. The fourth-order valence-corrected chi connectivity index (χ4v) is 1.50. The topological polar surface area (TPSA) is 95.2 Å². The van der Waals surface area contributed by atoms with Gasteiger partial charge in [0.1, 0.15) is 5.69 Å². The van der Waals surface area contributed by atoms with E-state index in [0.29, 0.717) is 12.1 Å². The van der Waals surface area contributed by atoms with Crippen LogP contribution in [-0.2, 0) is 6.18 Å². The second-order valence-electron chi connectivity index (χ2n) is 3.60. The van der Waals surface area contributed by atoms with Gasteiger partial charge in [0.25, 0.3) is 5.69 Å². The number of nitrogens with two attached hydrogens (primary N) is 1. The number of anilines is 1. The molecular formula is C10H6F3N3O3. The first-order valence-electron chi connectivity index (χ1n) is 4.87. The van der Waals surface area contributed by atoms with Crippen LogP contribution in [-0.4, -0.2) is 10.1 Å². The molecule has 2 rings (SSSR count). The first-order chi connectivity index (χ1) is 8.80. The number of nitro benzene ring substituents is 1. The monoisotopic (exact) mass is 273 g/mol. The van der Waals surface area contributed by atoms with Crippen molar-refractivity contribution in [3.8, 4) is 11.3 Å². The van der Waals surface area contributed by atoms with Crippen LogP contribution in [0.5, 0.6) is 0 Å². The van der Waals surface area contributed by atoms with E-state index in [4.69, 9.17) is 10.3 Å². The van der Waals surface area contributed by atoms with Crippen molar-refractivity contribution in [1.82, 2.24) is 5.16 Å². The molecule has 1 aromatic heterocycles. The van der Waals surface area contributed by atoms with Crippen LogP contribution >= 0.6 is 0 Å². The molecule has 0 bridgehead atoms. The Morgan fingerprint density at radius 2 is 2.05 bits per heavy atom. The Hall–Kier alpha value is -2.58. The molecule has 0 aliphatic heterocycles. The van der Waals surface area contributed by atoms with Crippen molar-refractivity contribution in [2.24, 2.45) is 0 Å². The zero-order valence-corrected chi connectivity index (χ0v) is 9.14. The van der Waals surface area contributed by atoms with Crippen molar-refractivity contribution in [2.45, 2.75) is 6.18 Å². The average molecular weight is 273 g/mol. The lowest BCUT2D eigenvalue weighted by atomic mass is 10.1. The van der Waals surface area contributed by atoms with Gasteiger partial charge in [-0.05, 0) is 12.1 Å². The Bertz CT molecular complexity index is 636. The van der Waals surface area contributed by atoms with Crippen LogP contribution in [0.15, 0.2) is 28.9 Å². The predicted molar refractivity (Wildman–Crippen MR) is 58.0 cm³/mol. The summed E-state index contributed by atoms with van der Waals surface area (Å²) in [4.78, 5) is 9.90. The fourth-order valence-electron chi connectivity index (χ4n) is 1.50. The molecule has 6 nitrogen and oxygen atoms in total. The Balaban J connectivity index is 2.64. The molecular weight excluding hydrogens is 267 g/mol. The van der Waals surface area contributed by atoms with Crippen LogP contribution in [0.4, 0.5) is 24.5 Å². The molecule has 0 unspecified atom stereocenters. The molecule has 0 fully saturated rings. The molecule has 100 valence electrons. The van der Waals surface area contributed by atoms with Crippen LogP contribution < -0.4 is 5.73 Å². The van der Waals surface area contributed by atoms with E-state index in [1.54, 1.807) is 0 Å². The van der Waals surface area contributed by atoms with E-state index in [1.807, 2.05) is 0 Å². The first kappa shape index (κ1) is 12.9. The molecule has 2 aromatic rings. The maximum absolute atomic E-state index is 12.5. The molecule has 19 heavy (non-hydrogen) atoms. The number of halogens is 3. The van der Waals surface area contributed by atoms with Crippen molar-refractivity contribution in [1.29, 1.82) is 0 Å². The van der Waals surface area contributed by atoms with E-state index < -0.39 is 22.4 Å². The number of nitro groups is 1. The highest BCUT2D eigenvalue weighted by atomic mass is 19.4. The third kappa shape index (κ3) is 2.34. The second kappa shape index (κ2) is 4.26. The lowest BCUT2D eigenvalue weighted by Gasteiger charge is -2.07. The molecule has 9 heteroatoms. The number of hydrogen-bond donors (Lipinski definition) is 1. The number of aromatic nitrogens is 1. The minimum Gasteiger partial charge on any atom is -0.394 e. The van der Waals surface area contributed by atoms with E-state index in [-0.39, 0.29) is 17.0 Å². The van der Waals surface area contributed by atoms with Crippen molar-refractivity contribution < 1.29 is 22.6 Å². The van der Waals surface area contributed by atoms with Crippen LogP contribution in [0.2, 0.25) is 0 Å². The van der Waals surface area contributed by atoms with Gasteiger partial charge >= 0.3 is 6.18 Å². The molecule has 0 aliphatic carbocycles. The summed E-state index contributed by atoms with van der Waals surface area (Å²) < 4.78 is 42.2. The molecule has 1 aromatic carbocycles. The Morgan fingerprint density at radius 3 is 2.53 bits per heavy atom. The van der Waals surface area contributed by atoms with E-state index >= 15 is 0 Å². The van der Waals surface area contributed by atoms with Gasteiger partial charge in [-0.25, -0.2) is 0 Å². The summed E-state index contributed by atoms with van der Waals surface area (Å²) in [7, 11) is 0. The summed E-state index contributed by atoms with van der Waals surface area (Å²) in [6.07, 6.45) is -3.56. The molecule has 2 N–H and O–H groups in total. The normalized spacial score (nSPS) is 11.5. The summed E-state index contributed by atoms with van der Waals surface area (Å²) in [6.45, 7) is 0. The van der Waals surface area contributed by atoms with E-state index in [9.17, 15) is 23.3 Å². The molecule has 0 radical (unpaired) electrons. The Morgan fingerprint density at radius 1 is 1.37 bits per heavy atom. The van der Waals surface area contributed by atoms with Gasteiger partial charge in [0.05, 0.1) is 22.2 Å². The van der Waals surface area contributed by atoms with Crippen LogP contribution in [0.1, 0.15) is 5.56 Å². The fraction of sp³-hybridized carbons (Fsp3) is 0.100. The van der Waals surface area contributed by atoms with Crippen molar-refractivity contribution >= 4 is 11.4 Å². The highest BCUT2D eigenvalue weighted by molar-refractivity contribution is 5.77. The molecule has 0 saturated carbocycles. The summed E-state index contributed by atoms with van der Waals surface area (Å²) in [6, 6.07) is 2.07. The van der Waals surface area contributed by atoms with Gasteiger partial charge in [-0.15, -0.1) is 0 Å². The lowest BCUT2D eigenvalue weighted by Crippen LogP contribution is -2.06. The zero-order valence-electron chi connectivity index (χ0n) is 9.14. The highest BCUT2D eigenvalue weighted by Gasteiger charge is 2.33. The number of hydrogen-bond acceptors (Lipinski definition) is 5. The molecule has 0 spiro atoms. The van der Waals surface area contributed by atoms with E-state index in [1.165, 1.54) is 0 Å². The number of benzene rings is 1. The van der Waals surface area contributed by atoms with Gasteiger partial charge in [-0.2, -0.15) is 13.2 Å². The van der Waals surface area contributed by atoms with Crippen molar-refractivity contribution in [2.75, 3.05) is 5.73 Å². The zero-order chi connectivity index (χ0) is 14.2. The number of nitrogen functional groups attached to an aromatic ring is 1. The smallest absolute Gasteiger partial charge is 0.394 e. The average Bonchev–Trinajstić information content (AvgIpc) is 2.73. The molecule has 0 amide bonds. The maximum atomic E-state index is 12.5. The van der Waals surface area contributed by atoms with Crippen molar-refractivity contribution in [3.63, 3.8) is 0 Å². The van der Waals surface area contributed by atoms with Crippen LogP contribution in [0.3, 0.4) is 0 Å². The van der Waals surface area contributed by atoms with E-state index in [0.717, 1.165) is 12.3 Å². The molecule has 0 atom stereocenters. The molecule has 1 heterocycles. The van der Waals surface area contributed by atoms with Gasteiger partial charge in [0.2, 0.25) is 0 Å². The summed E-state index contributed by atoms with van der Waals surface area (Å²) in [5.41, 5.74) is 3.43. The van der Waals surface area contributed by atoms with E-state index in [2.05, 4.69) is 5.16 Å². The quantitative estimate of drug-likeness (QED) is 0.670. The summed E-state index contributed by atoms with van der Waals surface area (Å²) in [5, 5.41) is 14.2. The number of alkyl halides is 3. The Kier molecular flexibility index (Phi) is 2.89. The summed E-state index contributed by atoms with van der Waals surface area (Å²) >= 11 is 0. The Labute approximate surface area is 103 Å². The standard InChI is InChI=1S/C10H6F3N3O3/c11-10(12,13)5-1-2-6(8(3-5)16(17)18)9-7(14)4-15-19-9/h1-4H,14H2. The maximum Gasteiger partial charge on any atom is 0.416 e. The number of nitrogens with zero attached hydrogens (tertiary/aromatic N) is 2. The lowest BCUT2D eigenvalue weighted by molar-refractivity contribution is -0.384. The predicted octanol–water partition coefficient (Wildman–Crippen LogP) is 2.85. The van der Waals surface area contributed by atoms with Gasteiger partial charge in [-0.3, -0.25) is 10.1 Å². The first-order valence-corrected chi connectivity index (χ1v) is 4.87. The van der Waals surface area contributed by atoms with Crippen LogP contribution in [0, 0.1) is 10.1 Å². The highest BCUT2D eigenvalue weighted by Crippen LogP contribution is 2.38. The SMILES string of the molecule is Nc1cnoc1-c1ccc(C(F)(F)F)cc1[N+](=O)[O-]. The second-order valence-corrected chi connectivity index (χ2v) is 3.60. The van der Waals surface area contributed by atoms with Gasteiger partial charge < -0.3 is 10.3 Å². The number of rotatable bonds is 2.